The van der Waals surface area contributed by atoms with Gasteiger partial charge in [-0.25, -0.2) is 4.79 Å². The lowest BCUT2D eigenvalue weighted by atomic mass is 10.2. The summed E-state index contributed by atoms with van der Waals surface area (Å²) < 4.78 is 12.7. The van der Waals surface area contributed by atoms with Crippen molar-refractivity contribution in [2.75, 3.05) is 13.2 Å². The highest BCUT2D eigenvalue weighted by molar-refractivity contribution is 14.1. The monoisotopic (exact) mass is 382 g/mol. The molecule has 1 aliphatic heterocycles. The fourth-order valence-electron chi connectivity index (χ4n) is 1.93. The van der Waals surface area contributed by atoms with E-state index in [0.717, 1.165) is 0 Å². The maximum Gasteiger partial charge on any atom is 0.353 e. The molecule has 0 bridgehead atoms. The number of nitrogens with zero attached hydrogens (tertiary/aromatic N) is 2. The van der Waals surface area contributed by atoms with Crippen LogP contribution in [0.25, 0.3) is 0 Å². The highest BCUT2D eigenvalue weighted by atomic mass is 127. The average molecular weight is 382 g/mol. The van der Waals surface area contributed by atoms with Gasteiger partial charge in [-0.1, -0.05) is 0 Å². The first-order valence-corrected chi connectivity index (χ1v) is 7.00. The Bertz CT molecular complexity index is 506. The van der Waals surface area contributed by atoms with Crippen LogP contribution in [0, 0.1) is 3.57 Å². The molecule has 2 N–H and O–H groups in total. The Morgan fingerprint density at radius 3 is 3.00 bits per heavy atom. The first-order valence-electron chi connectivity index (χ1n) is 5.92. The van der Waals surface area contributed by atoms with E-state index in [-0.39, 0.29) is 13.0 Å². The van der Waals surface area contributed by atoms with Crippen LogP contribution in [0.3, 0.4) is 0 Å². The molecule has 0 saturated carbocycles. The summed E-state index contributed by atoms with van der Waals surface area (Å²) in [6.07, 6.45) is -0.238. The predicted octanol–water partition coefficient (Wildman–Crippen LogP) is -0.113. The predicted molar refractivity (Wildman–Crippen MR) is 74.0 cm³/mol. The zero-order valence-corrected chi connectivity index (χ0v) is 12.5. The van der Waals surface area contributed by atoms with Crippen molar-refractivity contribution >= 4 is 22.6 Å². The van der Waals surface area contributed by atoms with Crippen LogP contribution in [0.1, 0.15) is 19.6 Å². The molecule has 1 aliphatic rings. The summed E-state index contributed by atoms with van der Waals surface area (Å²) in [6.45, 7) is 1.96. The first kappa shape index (κ1) is 14.7. The molecule has 2 heterocycles. The molecule has 1 aromatic heterocycles. The quantitative estimate of drug-likeness (QED) is 0.706. The molecule has 7 nitrogen and oxygen atoms in total. The second-order valence-corrected chi connectivity index (χ2v) is 5.29. The highest BCUT2D eigenvalue weighted by Gasteiger charge is 2.35. The number of hydrogen-bond acceptors (Lipinski definition) is 6. The molecule has 2 rings (SSSR count). The summed E-state index contributed by atoms with van der Waals surface area (Å²) in [7, 11) is 0. The summed E-state index contributed by atoms with van der Waals surface area (Å²) in [6, 6.07) is 0. The van der Waals surface area contributed by atoms with Gasteiger partial charge in [0.1, 0.15) is 12.3 Å². The largest absolute Gasteiger partial charge is 0.477 e. The molecule has 0 aromatic carbocycles. The Morgan fingerprint density at radius 2 is 2.42 bits per heavy atom. The lowest BCUT2D eigenvalue weighted by Gasteiger charge is -2.15. The number of aliphatic hydroxyl groups is 2. The lowest BCUT2D eigenvalue weighted by molar-refractivity contribution is -0.0460. The maximum absolute atomic E-state index is 11.9. The number of hydrogen-bond donors (Lipinski definition) is 2. The standard InChI is InChI=1S/C11H15IN2O5/c1-2-18-10-6(12)4-14(11(17)13-10)9-3-7(16)8(5-15)19-9/h4,7-9,15-16H,2-3,5H2,1H3/t7-,8+,9+/m0/s1. The summed E-state index contributed by atoms with van der Waals surface area (Å²) in [5, 5.41) is 18.7. The van der Waals surface area contributed by atoms with E-state index < -0.39 is 24.1 Å². The molecule has 8 heteroatoms. The Morgan fingerprint density at radius 1 is 1.68 bits per heavy atom. The second kappa shape index (κ2) is 6.16. The summed E-state index contributed by atoms with van der Waals surface area (Å²) in [4.78, 5) is 15.7. The van der Waals surface area contributed by atoms with E-state index in [2.05, 4.69) is 4.98 Å². The van der Waals surface area contributed by atoms with Crippen molar-refractivity contribution in [1.29, 1.82) is 0 Å². The van der Waals surface area contributed by atoms with Gasteiger partial charge in [-0.3, -0.25) is 4.57 Å². The van der Waals surface area contributed by atoms with Gasteiger partial charge in [-0.15, -0.1) is 0 Å². The van der Waals surface area contributed by atoms with E-state index in [0.29, 0.717) is 16.1 Å². The van der Waals surface area contributed by atoms with Gasteiger partial charge in [0.15, 0.2) is 0 Å². The molecular formula is C11H15IN2O5. The molecule has 19 heavy (non-hydrogen) atoms. The third kappa shape index (κ3) is 3.07. The number of aromatic nitrogens is 2. The van der Waals surface area contributed by atoms with Crippen molar-refractivity contribution in [2.45, 2.75) is 31.8 Å². The molecule has 1 fully saturated rings. The zero-order chi connectivity index (χ0) is 14.0. The van der Waals surface area contributed by atoms with E-state index in [1.54, 1.807) is 6.20 Å². The minimum atomic E-state index is -0.786. The Balaban J connectivity index is 2.27. The first-order chi connectivity index (χ1) is 9.06. The van der Waals surface area contributed by atoms with Crippen molar-refractivity contribution in [3.05, 3.63) is 20.3 Å². The van der Waals surface area contributed by atoms with E-state index in [4.69, 9.17) is 14.6 Å². The van der Waals surface area contributed by atoms with Crippen LogP contribution < -0.4 is 10.4 Å². The smallest absolute Gasteiger partial charge is 0.353 e. The molecule has 106 valence electrons. The molecule has 0 unspecified atom stereocenters. The molecule has 0 aliphatic carbocycles. The van der Waals surface area contributed by atoms with Gasteiger partial charge in [-0.05, 0) is 29.5 Å². The van der Waals surface area contributed by atoms with E-state index >= 15 is 0 Å². The van der Waals surface area contributed by atoms with Gasteiger partial charge >= 0.3 is 5.69 Å². The SMILES string of the molecule is CCOc1nc(=O)n([C@H]2C[C@H](O)[C@@H](CO)O2)cc1I. The minimum absolute atomic E-state index is 0.247. The average Bonchev–Trinajstić information content (AvgIpc) is 2.75. The highest BCUT2D eigenvalue weighted by Crippen LogP contribution is 2.28. The van der Waals surface area contributed by atoms with Gasteiger partial charge in [-0.2, -0.15) is 4.98 Å². The van der Waals surface area contributed by atoms with E-state index in [1.165, 1.54) is 4.57 Å². The van der Waals surface area contributed by atoms with Crippen molar-refractivity contribution in [1.82, 2.24) is 9.55 Å². The van der Waals surface area contributed by atoms with Crippen molar-refractivity contribution < 1.29 is 19.7 Å². The summed E-state index contributed by atoms with van der Waals surface area (Å²) in [5.41, 5.74) is -0.500. The topological polar surface area (TPSA) is 93.8 Å². The fourth-order valence-corrected chi connectivity index (χ4v) is 2.50. The van der Waals surface area contributed by atoms with Crippen molar-refractivity contribution in [3.8, 4) is 5.88 Å². The minimum Gasteiger partial charge on any atom is -0.477 e. The van der Waals surface area contributed by atoms with Crippen LogP contribution in [-0.2, 0) is 4.74 Å². The zero-order valence-electron chi connectivity index (χ0n) is 10.3. The van der Waals surface area contributed by atoms with Gasteiger partial charge < -0.3 is 19.7 Å². The third-order valence-corrected chi connectivity index (χ3v) is 3.59. The summed E-state index contributed by atoms with van der Waals surface area (Å²) >= 11 is 2.02. The van der Waals surface area contributed by atoms with Gasteiger partial charge in [0, 0.05) is 12.6 Å². The molecule has 1 aromatic rings. The van der Waals surface area contributed by atoms with Crippen LogP contribution >= 0.6 is 22.6 Å². The molecule has 0 spiro atoms. The molecular weight excluding hydrogens is 367 g/mol. The van der Waals surface area contributed by atoms with Crippen LogP contribution in [0.5, 0.6) is 5.88 Å². The maximum atomic E-state index is 11.9. The van der Waals surface area contributed by atoms with Gasteiger partial charge in [0.2, 0.25) is 5.88 Å². The number of ether oxygens (including phenoxy) is 2. The Labute approximate surface area is 123 Å². The molecule has 0 amide bonds. The number of rotatable bonds is 4. The van der Waals surface area contributed by atoms with E-state index in [9.17, 15) is 9.90 Å². The third-order valence-electron chi connectivity index (χ3n) is 2.85. The Kier molecular flexibility index (Phi) is 4.76. The van der Waals surface area contributed by atoms with Crippen LogP contribution in [-0.4, -0.2) is 45.2 Å². The molecule has 3 atom stereocenters. The van der Waals surface area contributed by atoms with Gasteiger partial charge in [0.05, 0.1) is 22.9 Å². The van der Waals surface area contributed by atoms with Crippen molar-refractivity contribution in [2.24, 2.45) is 0 Å². The normalized spacial score (nSPS) is 26.6. The van der Waals surface area contributed by atoms with Crippen molar-refractivity contribution in [3.63, 3.8) is 0 Å². The van der Waals surface area contributed by atoms with Gasteiger partial charge in [0.25, 0.3) is 0 Å². The lowest BCUT2D eigenvalue weighted by Crippen LogP contribution is -2.28. The van der Waals surface area contributed by atoms with Crippen LogP contribution in [0.4, 0.5) is 0 Å². The van der Waals surface area contributed by atoms with Crippen LogP contribution in [0.15, 0.2) is 11.0 Å². The number of aliphatic hydroxyl groups excluding tert-OH is 2. The fraction of sp³-hybridized carbons (Fsp3) is 0.636. The Hall–Kier alpha value is -0.710. The van der Waals surface area contributed by atoms with E-state index in [1.807, 2.05) is 29.5 Å². The molecule has 0 radical (unpaired) electrons. The molecule has 1 saturated heterocycles. The number of halogens is 1. The van der Waals surface area contributed by atoms with Crippen LogP contribution in [0.2, 0.25) is 0 Å². The second-order valence-electron chi connectivity index (χ2n) is 4.13. The summed E-state index contributed by atoms with van der Waals surface area (Å²) in [5.74, 6) is 0.293.